The second kappa shape index (κ2) is 8.56. The molecule has 0 fully saturated rings. The van der Waals surface area contributed by atoms with Crippen molar-refractivity contribution < 1.29 is 18.7 Å². The standard InChI is InChI=1S/C24H24FNO3S/c1-3-10-29-24(28)21-14(2)26-18-12-16(20-5-4-11-30-20)13-19(27)23(18)22(21)15-6-8-17(25)9-7-15/h4-9,11,16,22,26H,3,10,12-13H2,1-2H3/t16-,22-/m1/s1. The molecule has 1 N–H and O–H groups in total. The first-order chi connectivity index (χ1) is 14.5. The molecule has 2 aromatic rings. The third-order valence-electron chi connectivity index (χ3n) is 5.63. The van der Waals surface area contributed by atoms with E-state index in [0.717, 1.165) is 11.3 Å². The predicted octanol–water partition coefficient (Wildman–Crippen LogP) is 5.20. The third-order valence-corrected chi connectivity index (χ3v) is 6.67. The zero-order valence-electron chi connectivity index (χ0n) is 17.0. The van der Waals surface area contributed by atoms with Gasteiger partial charge in [0.1, 0.15) is 5.82 Å². The van der Waals surface area contributed by atoms with Gasteiger partial charge in [-0.15, -0.1) is 11.3 Å². The summed E-state index contributed by atoms with van der Waals surface area (Å²) >= 11 is 1.65. The maximum Gasteiger partial charge on any atom is 0.336 e. The number of halogens is 1. The number of allylic oxidation sites excluding steroid dienone is 3. The molecule has 0 amide bonds. The van der Waals surface area contributed by atoms with E-state index in [-0.39, 0.29) is 17.5 Å². The van der Waals surface area contributed by atoms with E-state index in [0.29, 0.717) is 42.7 Å². The van der Waals surface area contributed by atoms with E-state index in [1.165, 1.54) is 17.0 Å². The Labute approximate surface area is 179 Å². The number of hydrogen-bond donors (Lipinski definition) is 1. The smallest absolute Gasteiger partial charge is 0.336 e. The summed E-state index contributed by atoms with van der Waals surface area (Å²) in [5.41, 5.74) is 3.28. The SMILES string of the molecule is CCCOC(=O)C1=C(C)NC2=C(C(=O)C[C@H](c3cccs3)C2)[C@@H]1c1ccc(F)cc1. The zero-order valence-corrected chi connectivity index (χ0v) is 17.9. The van der Waals surface area contributed by atoms with E-state index in [2.05, 4.69) is 11.4 Å². The summed E-state index contributed by atoms with van der Waals surface area (Å²) in [6.07, 6.45) is 1.81. The lowest BCUT2D eigenvalue weighted by molar-refractivity contribution is -0.139. The van der Waals surface area contributed by atoms with E-state index in [1.807, 2.05) is 25.3 Å². The molecule has 0 spiro atoms. The van der Waals surface area contributed by atoms with Gasteiger partial charge >= 0.3 is 5.97 Å². The van der Waals surface area contributed by atoms with Crippen LogP contribution < -0.4 is 5.32 Å². The molecule has 0 saturated carbocycles. The molecule has 1 aromatic carbocycles. The molecule has 1 aliphatic heterocycles. The quantitative estimate of drug-likeness (QED) is 0.669. The van der Waals surface area contributed by atoms with Crippen molar-refractivity contribution in [3.05, 3.63) is 80.6 Å². The molecule has 2 atom stereocenters. The summed E-state index contributed by atoms with van der Waals surface area (Å²) in [7, 11) is 0. The number of dihydropyridines is 1. The Balaban J connectivity index is 1.78. The van der Waals surface area contributed by atoms with Crippen LogP contribution in [0.3, 0.4) is 0 Å². The highest BCUT2D eigenvalue weighted by Gasteiger charge is 2.41. The highest BCUT2D eigenvalue weighted by atomic mass is 32.1. The predicted molar refractivity (Wildman–Crippen MR) is 115 cm³/mol. The molecular formula is C24H24FNO3S. The van der Waals surface area contributed by atoms with Crippen molar-refractivity contribution in [2.75, 3.05) is 6.61 Å². The van der Waals surface area contributed by atoms with Crippen molar-refractivity contribution in [3.63, 3.8) is 0 Å². The zero-order chi connectivity index (χ0) is 21.3. The van der Waals surface area contributed by atoms with E-state index < -0.39 is 11.9 Å². The van der Waals surface area contributed by atoms with Crippen molar-refractivity contribution in [2.45, 2.75) is 44.9 Å². The number of benzene rings is 1. The van der Waals surface area contributed by atoms with E-state index in [1.54, 1.807) is 23.5 Å². The number of ether oxygens (including phenoxy) is 1. The van der Waals surface area contributed by atoms with Crippen LogP contribution in [0.4, 0.5) is 4.39 Å². The fourth-order valence-electron chi connectivity index (χ4n) is 4.30. The molecule has 2 aliphatic rings. The minimum Gasteiger partial charge on any atom is -0.462 e. The fourth-order valence-corrected chi connectivity index (χ4v) is 5.13. The van der Waals surface area contributed by atoms with Gasteiger partial charge in [-0.3, -0.25) is 4.79 Å². The van der Waals surface area contributed by atoms with Crippen LogP contribution in [-0.2, 0) is 14.3 Å². The van der Waals surface area contributed by atoms with Crippen LogP contribution in [-0.4, -0.2) is 18.4 Å². The average molecular weight is 426 g/mol. The maximum atomic E-state index is 13.6. The fraction of sp³-hybridized carbons (Fsp3) is 0.333. The molecule has 4 rings (SSSR count). The molecule has 156 valence electrons. The Kier molecular flexibility index (Phi) is 5.86. The van der Waals surface area contributed by atoms with Gasteiger partial charge in [0.15, 0.2) is 5.78 Å². The van der Waals surface area contributed by atoms with Gasteiger partial charge in [0.25, 0.3) is 0 Å². The highest BCUT2D eigenvalue weighted by Crippen LogP contribution is 2.46. The molecular weight excluding hydrogens is 401 g/mol. The van der Waals surface area contributed by atoms with Crippen LogP contribution in [0.5, 0.6) is 0 Å². The molecule has 1 aliphatic carbocycles. The van der Waals surface area contributed by atoms with Gasteiger partial charge in [0.05, 0.1) is 12.2 Å². The number of Topliss-reactive ketones (excluding diaryl/α,β-unsaturated/α-hetero) is 1. The van der Waals surface area contributed by atoms with Gasteiger partial charge < -0.3 is 10.1 Å². The number of carbonyl (C=O) groups is 2. The third kappa shape index (κ3) is 3.84. The summed E-state index contributed by atoms with van der Waals surface area (Å²) in [6.45, 7) is 4.08. The lowest BCUT2D eigenvalue weighted by atomic mass is 9.72. The molecule has 30 heavy (non-hydrogen) atoms. The van der Waals surface area contributed by atoms with Gasteiger partial charge in [-0.05, 0) is 48.9 Å². The molecule has 4 nitrogen and oxygen atoms in total. The molecule has 1 aromatic heterocycles. The van der Waals surface area contributed by atoms with Gasteiger partial charge in [0, 0.05) is 40.1 Å². The number of hydrogen-bond acceptors (Lipinski definition) is 5. The van der Waals surface area contributed by atoms with Crippen LogP contribution in [0.15, 0.2) is 64.3 Å². The number of thiophene rings is 1. The lowest BCUT2D eigenvalue weighted by Gasteiger charge is -2.36. The Bertz CT molecular complexity index is 1020. The average Bonchev–Trinajstić information content (AvgIpc) is 3.26. The summed E-state index contributed by atoms with van der Waals surface area (Å²) < 4.78 is 19.0. The van der Waals surface area contributed by atoms with Crippen LogP contribution in [0.25, 0.3) is 0 Å². The minimum absolute atomic E-state index is 0.0183. The number of ketones is 1. The normalized spacial score (nSPS) is 21.4. The van der Waals surface area contributed by atoms with E-state index in [4.69, 9.17) is 4.74 Å². The monoisotopic (exact) mass is 425 g/mol. The van der Waals surface area contributed by atoms with E-state index >= 15 is 0 Å². The molecule has 0 radical (unpaired) electrons. The number of nitrogens with one attached hydrogen (secondary N) is 1. The van der Waals surface area contributed by atoms with Crippen LogP contribution in [0.2, 0.25) is 0 Å². The van der Waals surface area contributed by atoms with Crippen molar-refractivity contribution >= 4 is 23.1 Å². The Morgan fingerprint density at radius 3 is 2.67 bits per heavy atom. The number of rotatable bonds is 5. The summed E-state index contributed by atoms with van der Waals surface area (Å²) in [5.74, 6) is -1.20. The first-order valence-corrected chi connectivity index (χ1v) is 11.1. The van der Waals surface area contributed by atoms with Crippen molar-refractivity contribution in [3.8, 4) is 0 Å². The topological polar surface area (TPSA) is 55.4 Å². The lowest BCUT2D eigenvalue weighted by Crippen LogP contribution is -2.36. The number of carbonyl (C=O) groups excluding carboxylic acids is 2. The maximum absolute atomic E-state index is 13.6. The van der Waals surface area contributed by atoms with Gasteiger partial charge in [-0.2, -0.15) is 0 Å². The highest BCUT2D eigenvalue weighted by molar-refractivity contribution is 7.10. The summed E-state index contributed by atoms with van der Waals surface area (Å²) in [4.78, 5) is 27.4. The molecule has 2 heterocycles. The Morgan fingerprint density at radius 2 is 2.00 bits per heavy atom. The van der Waals surface area contributed by atoms with Crippen LogP contribution in [0.1, 0.15) is 55.4 Å². The summed E-state index contributed by atoms with van der Waals surface area (Å²) in [6, 6.07) is 10.1. The molecule has 0 bridgehead atoms. The van der Waals surface area contributed by atoms with Crippen molar-refractivity contribution in [1.29, 1.82) is 0 Å². The Hall–Kier alpha value is -2.73. The molecule has 0 saturated heterocycles. The Morgan fingerprint density at radius 1 is 1.23 bits per heavy atom. The van der Waals surface area contributed by atoms with Gasteiger partial charge in [-0.25, -0.2) is 9.18 Å². The first kappa shape index (κ1) is 20.5. The first-order valence-electron chi connectivity index (χ1n) is 10.2. The van der Waals surface area contributed by atoms with Crippen LogP contribution in [0, 0.1) is 5.82 Å². The second-order valence-electron chi connectivity index (χ2n) is 7.72. The van der Waals surface area contributed by atoms with E-state index in [9.17, 15) is 14.0 Å². The van der Waals surface area contributed by atoms with Crippen LogP contribution >= 0.6 is 11.3 Å². The van der Waals surface area contributed by atoms with Gasteiger partial charge in [0.2, 0.25) is 0 Å². The van der Waals surface area contributed by atoms with Crippen molar-refractivity contribution in [2.24, 2.45) is 0 Å². The van der Waals surface area contributed by atoms with Gasteiger partial charge in [-0.1, -0.05) is 25.1 Å². The number of esters is 1. The second-order valence-corrected chi connectivity index (χ2v) is 8.70. The minimum atomic E-state index is -0.553. The molecule has 0 unspecified atom stereocenters. The largest absolute Gasteiger partial charge is 0.462 e. The molecule has 6 heteroatoms. The van der Waals surface area contributed by atoms with Crippen molar-refractivity contribution in [1.82, 2.24) is 5.32 Å². The summed E-state index contributed by atoms with van der Waals surface area (Å²) in [5, 5.41) is 5.35.